The minimum atomic E-state index is -0.611. The van der Waals surface area contributed by atoms with Gasteiger partial charge in [-0.1, -0.05) is 31.4 Å². The molecule has 0 rings (SSSR count). The van der Waals surface area contributed by atoms with E-state index in [1.54, 1.807) is 0 Å². The standard InChI is InChI=1S/C5H11.C2H2ClO.Y/c1-3-5-4-2;1-2(3)4;/h1,3-5H2,2H3;1H2;/q2*-1;+3. The van der Waals surface area contributed by atoms with E-state index in [2.05, 4.69) is 32.4 Å². The Morgan fingerprint density at radius 1 is 1.60 bits per heavy atom. The van der Waals surface area contributed by atoms with Crippen molar-refractivity contribution in [3.8, 4) is 0 Å². The molecule has 0 saturated carbocycles. The number of carbonyl (C=O) groups is 1. The Balaban J connectivity index is -0.0000000910. The van der Waals surface area contributed by atoms with Gasteiger partial charge in [-0.25, -0.2) is 0 Å². The number of halogens is 1. The van der Waals surface area contributed by atoms with Crippen molar-refractivity contribution < 1.29 is 37.5 Å². The molecule has 0 atom stereocenters. The molecule has 0 fully saturated rings. The normalized spacial score (nSPS) is 6.70. The van der Waals surface area contributed by atoms with E-state index < -0.39 is 5.24 Å². The fourth-order valence-corrected chi connectivity index (χ4v) is 0.250. The van der Waals surface area contributed by atoms with Gasteiger partial charge in [0.25, 0.3) is 0 Å². The fraction of sp³-hybridized carbons (Fsp3) is 0.571. The minimum absolute atomic E-state index is 0. The first-order valence-corrected chi connectivity index (χ1v) is 3.33. The number of carbonyl (C=O) groups excluding carboxylic acids is 1. The summed E-state index contributed by atoms with van der Waals surface area (Å²) in [5, 5.41) is -0.611. The average molecular weight is 238 g/mol. The molecular formula is C7H13ClOY+. The van der Waals surface area contributed by atoms with Crippen molar-refractivity contribution in [1.82, 2.24) is 0 Å². The quantitative estimate of drug-likeness (QED) is 0.533. The second-order valence-electron chi connectivity index (χ2n) is 1.56. The molecule has 0 aliphatic heterocycles. The van der Waals surface area contributed by atoms with Gasteiger partial charge in [0.1, 0.15) is 0 Å². The van der Waals surface area contributed by atoms with Crippen LogP contribution in [-0.4, -0.2) is 5.24 Å². The van der Waals surface area contributed by atoms with Crippen LogP contribution < -0.4 is 0 Å². The van der Waals surface area contributed by atoms with E-state index in [-0.39, 0.29) is 32.7 Å². The molecule has 0 bridgehead atoms. The van der Waals surface area contributed by atoms with Gasteiger partial charge in [-0.15, -0.1) is 0 Å². The molecule has 0 aromatic rings. The van der Waals surface area contributed by atoms with Crippen molar-refractivity contribution >= 4 is 16.8 Å². The molecule has 0 unspecified atom stereocenters. The molecule has 0 saturated heterocycles. The van der Waals surface area contributed by atoms with E-state index >= 15 is 0 Å². The van der Waals surface area contributed by atoms with E-state index in [0.29, 0.717) is 0 Å². The van der Waals surface area contributed by atoms with Crippen molar-refractivity contribution in [3.05, 3.63) is 13.8 Å². The Labute approximate surface area is 93.8 Å². The Bertz CT molecular complexity index is 60.6. The van der Waals surface area contributed by atoms with Gasteiger partial charge in [-0.05, 0) is 0 Å². The van der Waals surface area contributed by atoms with Crippen molar-refractivity contribution in [2.45, 2.75) is 26.2 Å². The van der Waals surface area contributed by atoms with Crippen LogP contribution in [0.25, 0.3) is 0 Å². The number of hydrogen-bond acceptors (Lipinski definition) is 1. The molecule has 0 aromatic carbocycles. The SMILES string of the molecule is [CH2-]C(=O)Cl.[CH2-]CCCC.[Y+3]. The van der Waals surface area contributed by atoms with Crippen LogP contribution in [0.4, 0.5) is 0 Å². The summed E-state index contributed by atoms with van der Waals surface area (Å²) in [5.41, 5.74) is 0. The Morgan fingerprint density at radius 3 is 1.90 bits per heavy atom. The number of hydrogen-bond donors (Lipinski definition) is 0. The Morgan fingerprint density at radius 2 is 1.90 bits per heavy atom. The molecule has 10 heavy (non-hydrogen) atoms. The van der Waals surface area contributed by atoms with Crippen molar-refractivity contribution in [1.29, 1.82) is 0 Å². The predicted octanol–water partition coefficient (Wildman–Crippen LogP) is 2.59. The van der Waals surface area contributed by atoms with Gasteiger partial charge in [0.15, 0.2) is 0 Å². The zero-order valence-electron chi connectivity index (χ0n) is 6.40. The van der Waals surface area contributed by atoms with Gasteiger partial charge in [0.2, 0.25) is 0 Å². The van der Waals surface area contributed by atoms with Gasteiger partial charge in [0, 0.05) is 0 Å². The maximum Gasteiger partial charge on any atom is 3.00 e. The van der Waals surface area contributed by atoms with Crippen LogP contribution in [-0.2, 0) is 37.5 Å². The van der Waals surface area contributed by atoms with Gasteiger partial charge >= 0.3 is 32.7 Å². The minimum Gasteiger partial charge on any atom is -0.343 e. The third-order valence-electron chi connectivity index (χ3n) is 0.604. The fourth-order valence-electron chi connectivity index (χ4n) is 0.250. The summed E-state index contributed by atoms with van der Waals surface area (Å²) in [6.07, 6.45) is 3.65. The van der Waals surface area contributed by atoms with Gasteiger partial charge in [0.05, 0.1) is 5.24 Å². The third-order valence-corrected chi connectivity index (χ3v) is 0.604. The van der Waals surface area contributed by atoms with Crippen LogP contribution in [0, 0.1) is 13.8 Å². The molecule has 0 amide bonds. The summed E-state index contributed by atoms with van der Waals surface area (Å²) in [7, 11) is 0. The molecule has 0 aliphatic rings. The zero-order chi connectivity index (χ0) is 7.70. The predicted molar refractivity (Wildman–Crippen MR) is 41.1 cm³/mol. The molecule has 0 N–H and O–H groups in total. The summed E-state index contributed by atoms with van der Waals surface area (Å²) in [4.78, 5) is 9.10. The summed E-state index contributed by atoms with van der Waals surface area (Å²) in [6, 6.07) is 0. The first-order valence-electron chi connectivity index (χ1n) is 2.95. The second kappa shape index (κ2) is 16.5. The van der Waals surface area contributed by atoms with Gasteiger partial charge < -0.3 is 18.6 Å². The van der Waals surface area contributed by atoms with Crippen molar-refractivity contribution in [2.75, 3.05) is 0 Å². The van der Waals surface area contributed by atoms with E-state index in [4.69, 9.17) is 4.79 Å². The zero-order valence-corrected chi connectivity index (χ0v) is 9.99. The van der Waals surface area contributed by atoms with E-state index in [1.165, 1.54) is 12.8 Å². The van der Waals surface area contributed by atoms with Crippen molar-refractivity contribution in [3.63, 3.8) is 0 Å². The summed E-state index contributed by atoms with van der Waals surface area (Å²) >= 11 is 4.52. The molecular weight excluding hydrogens is 224 g/mol. The van der Waals surface area contributed by atoms with E-state index in [0.717, 1.165) is 6.42 Å². The van der Waals surface area contributed by atoms with Gasteiger partial charge in [-0.3, -0.25) is 0 Å². The molecule has 0 heterocycles. The van der Waals surface area contributed by atoms with Crippen LogP contribution in [0.1, 0.15) is 26.2 Å². The maximum atomic E-state index is 9.10. The van der Waals surface area contributed by atoms with Crippen LogP contribution in [0.3, 0.4) is 0 Å². The maximum absolute atomic E-state index is 9.10. The molecule has 0 aliphatic carbocycles. The molecule has 0 spiro atoms. The first kappa shape index (κ1) is 17.1. The second-order valence-corrected chi connectivity index (χ2v) is 1.98. The van der Waals surface area contributed by atoms with Crippen LogP contribution in [0.2, 0.25) is 0 Å². The topological polar surface area (TPSA) is 17.1 Å². The summed E-state index contributed by atoms with van der Waals surface area (Å²) in [5.74, 6) is 0. The smallest absolute Gasteiger partial charge is 0.343 e. The van der Waals surface area contributed by atoms with Crippen LogP contribution >= 0.6 is 11.6 Å². The monoisotopic (exact) mass is 237 g/mol. The Hall–Kier alpha value is 0.934. The summed E-state index contributed by atoms with van der Waals surface area (Å²) in [6.45, 7) is 8.61. The average Bonchev–Trinajstić information content (AvgIpc) is 1.66. The van der Waals surface area contributed by atoms with Crippen LogP contribution in [0.15, 0.2) is 0 Å². The van der Waals surface area contributed by atoms with E-state index in [1.807, 2.05) is 0 Å². The van der Waals surface area contributed by atoms with Crippen LogP contribution in [0.5, 0.6) is 0 Å². The summed E-state index contributed by atoms with van der Waals surface area (Å²) < 4.78 is 0. The number of unbranched alkanes of at least 4 members (excludes halogenated alkanes) is 2. The molecule has 56 valence electrons. The molecule has 3 heteroatoms. The first-order chi connectivity index (χ1) is 4.15. The number of rotatable bonds is 2. The van der Waals surface area contributed by atoms with E-state index in [9.17, 15) is 0 Å². The molecule has 1 nitrogen and oxygen atoms in total. The Kier molecular flexibility index (Phi) is 28.3. The van der Waals surface area contributed by atoms with Crippen molar-refractivity contribution in [2.24, 2.45) is 0 Å². The molecule has 0 aromatic heterocycles. The third kappa shape index (κ3) is 65.3. The van der Waals surface area contributed by atoms with Gasteiger partial charge in [-0.2, -0.15) is 6.42 Å². The molecule has 0 radical (unpaired) electrons. The largest absolute Gasteiger partial charge is 3.00 e.